The number of carbonyl (C=O) groups is 3. The highest BCUT2D eigenvalue weighted by Gasteiger charge is 2.22. The van der Waals surface area contributed by atoms with Crippen molar-refractivity contribution in [3.8, 4) is 5.75 Å². The first kappa shape index (κ1) is 23.5. The summed E-state index contributed by atoms with van der Waals surface area (Å²) in [5, 5.41) is 4.56. The van der Waals surface area contributed by atoms with Gasteiger partial charge in [0.15, 0.2) is 6.61 Å². The van der Waals surface area contributed by atoms with Gasteiger partial charge in [-0.25, -0.2) is 9.59 Å². The van der Waals surface area contributed by atoms with Crippen LogP contribution in [0.1, 0.15) is 11.1 Å². The van der Waals surface area contributed by atoms with Crippen molar-refractivity contribution >= 4 is 34.7 Å². The van der Waals surface area contributed by atoms with Crippen LogP contribution in [0.5, 0.6) is 5.75 Å². The Bertz CT molecular complexity index is 1160. The van der Waals surface area contributed by atoms with Crippen molar-refractivity contribution in [3.63, 3.8) is 0 Å². The van der Waals surface area contributed by atoms with Crippen LogP contribution in [0.25, 0.3) is 16.8 Å². The lowest BCUT2D eigenvalue weighted by Crippen LogP contribution is -2.44. The standard InChI is InChI=1S/C26H25NO6/c1-31-22-12-11-20-14-19(8-10-21(20)16-22)9-13-25(29)33-17-24(28)27-23(26(30)32-2)15-18-6-4-3-5-7-18/h3-14,16,23H,15,17H2,1-2H3,(H,27,28)/b13-9+. The summed E-state index contributed by atoms with van der Waals surface area (Å²) in [5.74, 6) is -1.07. The van der Waals surface area contributed by atoms with E-state index in [4.69, 9.17) is 14.2 Å². The number of hydrogen-bond donors (Lipinski definition) is 1. The highest BCUT2D eigenvalue weighted by atomic mass is 16.5. The molecule has 0 saturated carbocycles. The molecule has 0 aliphatic heterocycles. The van der Waals surface area contributed by atoms with E-state index in [0.717, 1.165) is 27.6 Å². The first-order valence-corrected chi connectivity index (χ1v) is 10.3. The summed E-state index contributed by atoms with van der Waals surface area (Å²) in [7, 11) is 2.86. The van der Waals surface area contributed by atoms with Gasteiger partial charge in [0.05, 0.1) is 14.2 Å². The third kappa shape index (κ3) is 6.93. The number of methoxy groups -OCH3 is 2. The van der Waals surface area contributed by atoms with Crippen molar-refractivity contribution in [2.75, 3.05) is 20.8 Å². The van der Waals surface area contributed by atoms with E-state index < -0.39 is 30.5 Å². The van der Waals surface area contributed by atoms with E-state index >= 15 is 0 Å². The summed E-state index contributed by atoms with van der Waals surface area (Å²) >= 11 is 0. The summed E-state index contributed by atoms with van der Waals surface area (Å²) in [6.45, 7) is -0.511. The molecule has 3 rings (SSSR count). The number of carbonyl (C=O) groups excluding carboxylic acids is 3. The minimum absolute atomic E-state index is 0.265. The van der Waals surface area contributed by atoms with E-state index in [1.807, 2.05) is 66.7 Å². The van der Waals surface area contributed by atoms with Gasteiger partial charge in [0, 0.05) is 12.5 Å². The number of hydrogen-bond acceptors (Lipinski definition) is 6. The van der Waals surface area contributed by atoms with Gasteiger partial charge in [0.1, 0.15) is 11.8 Å². The van der Waals surface area contributed by atoms with Crippen LogP contribution in [0.3, 0.4) is 0 Å². The molecule has 33 heavy (non-hydrogen) atoms. The molecular formula is C26H25NO6. The fourth-order valence-corrected chi connectivity index (χ4v) is 3.24. The average molecular weight is 447 g/mol. The van der Waals surface area contributed by atoms with Crippen molar-refractivity contribution in [3.05, 3.63) is 83.9 Å². The Hall–Kier alpha value is -4.13. The van der Waals surface area contributed by atoms with Gasteiger partial charge in [-0.3, -0.25) is 4.79 Å². The van der Waals surface area contributed by atoms with E-state index in [2.05, 4.69) is 5.32 Å². The second-order valence-corrected chi connectivity index (χ2v) is 7.25. The molecule has 0 aromatic heterocycles. The maximum atomic E-state index is 12.2. The monoisotopic (exact) mass is 447 g/mol. The fourth-order valence-electron chi connectivity index (χ4n) is 3.24. The summed E-state index contributed by atoms with van der Waals surface area (Å²) in [4.78, 5) is 36.3. The summed E-state index contributed by atoms with van der Waals surface area (Å²) in [6.07, 6.45) is 3.12. The Labute approximate surface area is 192 Å². The van der Waals surface area contributed by atoms with Crippen LogP contribution in [-0.2, 0) is 30.3 Å². The van der Waals surface area contributed by atoms with Gasteiger partial charge >= 0.3 is 11.9 Å². The van der Waals surface area contributed by atoms with Crippen LogP contribution in [0.2, 0.25) is 0 Å². The average Bonchev–Trinajstić information content (AvgIpc) is 2.85. The second kappa shape index (κ2) is 11.5. The third-order valence-corrected chi connectivity index (χ3v) is 4.93. The largest absolute Gasteiger partial charge is 0.497 e. The van der Waals surface area contributed by atoms with Gasteiger partial charge < -0.3 is 19.5 Å². The maximum Gasteiger partial charge on any atom is 0.331 e. The van der Waals surface area contributed by atoms with E-state index in [0.29, 0.717) is 0 Å². The minimum atomic E-state index is -0.879. The molecular weight excluding hydrogens is 422 g/mol. The quantitative estimate of drug-likeness (QED) is 0.400. The Balaban J connectivity index is 1.53. The Morgan fingerprint density at radius 1 is 0.939 bits per heavy atom. The van der Waals surface area contributed by atoms with Crippen molar-refractivity contribution < 1.29 is 28.6 Å². The highest BCUT2D eigenvalue weighted by Crippen LogP contribution is 2.22. The highest BCUT2D eigenvalue weighted by molar-refractivity contribution is 5.92. The first-order valence-electron chi connectivity index (χ1n) is 10.3. The van der Waals surface area contributed by atoms with Crippen LogP contribution < -0.4 is 10.1 Å². The minimum Gasteiger partial charge on any atom is -0.497 e. The number of ether oxygens (including phenoxy) is 3. The van der Waals surface area contributed by atoms with Crippen molar-refractivity contribution in [1.82, 2.24) is 5.32 Å². The molecule has 1 N–H and O–H groups in total. The van der Waals surface area contributed by atoms with Crippen LogP contribution in [0.15, 0.2) is 72.8 Å². The van der Waals surface area contributed by atoms with Gasteiger partial charge in [-0.1, -0.05) is 48.5 Å². The lowest BCUT2D eigenvalue weighted by atomic mass is 10.1. The van der Waals surface area contributed by atoms with Gasteiger partial charge in [-0.2, -0.15) is 0 Å². The van der Waals surface area contributed by atoms with Gasteiger partial charge in [-0.05, 0) is 46.2 Å². The molecule has 0 spiro atoms. The summed E-state index contributed by atoms with van der Waals surface area (Å²) in [6, 6.07) is 19.8. The molecule has 7 heteroatoms. The molecule has 0 fully saturated rings. The Morgan fingerprint density at radius 2 is 1.67 bits per heavy atom. The zero-order chi connectivity index (χ0) is 23.6. The van der Waals surface area contributed by atoms with Crippen molar-refractivity contribution in [1.29, 1.82) is 0 Å². The van der Waals surface area contributed by atoms with E-state index in [-0.39, 0.29) is 6.42 Å². The maximum absolute atomic E-state index is 12.2. The van der Waals surface area contributed by atoms with E-state index in [9.17, 15) is 14.4 Å². The number of benzene rings is 3. The lowest BCUT2D eigenvalue weighted by Gasteiger charge is -2.16. The SMILES string of the molecule is COC(=O)C(Cc1ccccc1)NC(=O)COC(=O)/C=C/c1ccc2cc(OC)ccc2c1. The van der Waals surface area contributed by atoms with Crippen LogP contribution in [0.4, 0.5) is 0 Å². The van der Waals surface area contributed by atoms with Crippen LogP contribution in [0, 0.1) is 0 Å². The van der Waals surface area contributed by atoms with Gasteiger partial charge in [0.2, 0.25) is 0 Å². The predicted octanol–water partition coefficient (Wildman–Crippen LogP) is 3.31. The lowest BCUT2D eigenvalue weighted by molar-refractivity contribution is -0.147. The van der Waals surface area contributed by atoms with Gasteiger partial charge in [-0.15, -0.1) is 0 Å². The smallest absolute Gasteiger partial charge is 0.331 e. The molecule has 3 aromatic carbocycles. The second-order valence-electron chi connectivity index (χ2n) is 7.25. The number of rotatable bonds is 9. The molecule has 7 nitrogen and oxygen atoms in total. The Kier molecular flexibility index (Phi) is 8.18. The molecule has 0 saturated heterocycles. The molecule has 170 valence electrons. The molecule has 1 unspecified atom stereocenters. The molecule has 3 aromatic rings. The molecule has 1 atom stereocenters. The van der Waals surface area contributed by atoms with Gasteiger partial charge in [0.25, 0.3) is 5.91 Å². The fraction of sp³-hybridized carbons (Fsp3) is 0.192. The Morgan fingerprint density at radius 3 is 2.39 bits per heavy atom. The van der Waals surface area contributed by atoms with Crippen molar-refractivity contribution in [2.24, 2.45) is 0 Å². The van der Waals surface area contributed by atoms with Crippen LogP contribution in [-0.4, -0.2) is 44.7 Å². The predicted molar refractivity (Wildman–Crippen MR) is 125 cm³/mol. The number of nitrogens with one attached hydrogen (secondary N) is 1. The van der Waals surface area contributed by atoms with Crippen molar-refractivity contribution in [2.45, 2.75) is 12.5 Å². The first-order chi connectivity index (χ1) is 16.0. The van der Waals surface area contributed by atoms with Crippen LogP contribution >= 0.6 is 0 Å². The molecule has 0 aliphatic rings. The molecule has 0 radical (unpaired) electrons. The zero-order valence-electron chi connectivity index (χ0n) is 18.4. The number of esters is 2. The van der Waals surface area contributed by atoms with E-state index in [1.54, 1.807) is 13.2 Å². The topological polar surface area (TPSA) is 90.9 Å². The normalized spacial score (nSPS) is 11.7. The van der Waals surface area contributed by atoms with E-state index in [1.165, 1.54) is 13.2 Å². The summed E-state index contributed by atoms with van der Waals surface area (Å²) < 4.78 is 15.0. The molecule has 0 bridgehead atoms. The number of amides is 1. The third-order valence-electron chi connectivity index (χ3n) is 4.93. The summed E-state index contributed by atoms with van der Waals surface area (Å²) in [5.41, 5.74) is 1.67. The molecule has 0 aliphatic carbocycles. The number of fused-ring (bicyclic) bond motifs is 1. The molecule has 1 amide bonds. The zero-order valence-corrected chi connectivity index (χ0v) is 18.4. The molecule has 0 heterocycles.